The van der Waals surface area contributed by atoms with Gasteiger partial charge in [-0.1, -0.05) is 43.7 Å². The third kappa shape index (κ3) is 2.63. The Morgan fingerprint density at radius 3 is 2.68 bits per heavy atom. The Morgan fingerprint density at radius 2 is 1.95 bits per heavy atom. The van der Waals surface area contributed by atoms with Crippen molar-refractivity contribution in [1.29, 1.82) is 0 Å². The number of nitrogens with one attached hydrogen (secondary N) is 1. The van der Waals surface area contributed by atoms with E-state index in [1.54, 1.807) is 11.3 Å². The maximum absolute atomic E-state index is 4.63. The Bertz CT molecular complexity index is 557. The number of aromatic nitrogens is 1. The monoisotopic (exact) mass is 273 g/mol. The second kappa shape index (κ2) is 5.29. The van der Waals surface area contributed by atoms with Gasteiger partial charge in [-0.3, -0.25) is 5.43 Å². The summed E-state index contributed by atoms with van der Waals surface area (Å²) in [5.41, 5.74) is 5.50. The van der Waals surface area contributed by atoms with Crippen LogP contribution in [0, 0.1) is 11.8 Å². The molecule has 4 heteroatoms. The number of para-hydroxylation sites is 1. The number of fused-ring (bicyclic) bond motifs is 1. The summed E-state index contributed by atoms with van der Waals surface area (Å²) in [6.07, 6.45) is 3.83. The van der Waals surface area contributed by atoms with Gasteiger partial charge in [-0.15, -0.1) is 0 Å². The van der Waals surface area contributed by atoms with Crippen molar-refractivity contribution in [2.24, 2.45) is 16.9 Å². The molecule has 0 aliphatic heterocycles. The van der Waals surface area contributed by atoms with Gasteiger partial charge in [0, 0.05) is 5.71 Å². The summed E-state index contributed by atoms with van der Waals surface area (Å²) in [7, 11) is 0. The lowest BCUT2D eigenvalue weighted by atomic mass is 9.81. The number of hydrogen-bond donors (Lipinski definition) is 1. The highest BCUT2D eigenvalue weighted by Gasteiger charge is 2.22. The van der Waals surface area contributed by atoms with Crippen LogP contribution < -0.4 is 5.43 Å². The van der Waals surface area contributed by atoms with Gasteiger partial charge >= 0.3 is 0 Å². The highest BCUT2D eigenvalue weighted by atomic mass is 32.1. The van der Waals surface area contributed by atoms with Crippen LogP contribution in [0.3, 0.4) is 0 Å². The number of benzene rings is 1. The Hall–Kier alpha value is -1.42. The van der Waals surface area contributed by atoms with E-state index in [1.807, 2.05) is 18.2 Å². The Kier molecular flexibility index (Phi) is 3.51. The van der Waals surface area contributed by atoms with E-state index in [0.29, 0.717) is 11.8 Å². The smallest absolute Gasteiger partial charge is 0.204 e. The van der Waals surface area contributed by atoms with Gasteiger partial charge in [-0.05, 0) is 36.8 Å². The number of hydrogen-bond acceptors (Lipinski definition) is 4. The van der Waals surface area contributed by atoms with Crippen molar-refractivity contribution in [2.75, 3.05) is 5.43 Å². The second-order valence-corrected chi connectivity index (χ2v) is 6.40. The molecule has 1 aromatic carbocycles. The summed E-state index contributed by atoms with van der Waals surface area (Å²) in [6.45, 7) is 4.54. The first kappa shape index (κ1) is 12.6. The summed E-state index contributed by atoms with van der Waals surface area (Å²) in [5.74, 6) is 1.18. The van der Waals surface area contributed by atoms with Gasteiger partial charge in [0.2, 0.25) is 5.13 Å². The van der Waals surface area contributed by atoms with E-state index >= 15 is 0 Å². The zero-order valence-electron chi connectivity index (χ0n) is 11.4. The number of rotatable bonds is 2. The molecule has 0 bridgehead atoms. The number of thiazole rings is 1. The third-order valence-electron chi connectivity index (χ3n) is 3.86. The summed E-state index contributed by atoms with van der Waals surface area (Å²) in [6, 6.07) is 8.19. The van der Waals surface area contributed by atoms with E-state index in [0.717, 1.165) is 10.6 Å². The van der Waals surface area contributed by atoms with Gasteiger partial charge in [0.05, 0.1) is 10.2 Å². The molecule has 1 aliphatic rings. The molecule has 0 unspecified atom stereocenters. The van der Waals surface area contributed by atoms with Crippen molar-refractivity contribution in [3.05, 3.63) is 24.3 Å². The third-order valence-corrected chi connectivity index (χ3v) is 4.80. The molecule has 2 atom stereocenters. The minimum absolute atomic E-state index is 0.589. The molecule has 2 aromatic rings. The van der Waals surface area contributed by atoms with Gasteiger partial charge in [0.25, 0.3) is 0 Å². The van der Waals surface area contributed by atoms with Crippen LogP contribution >= 0.6 is 11.3 Å². The number of anilines is 1. The normalized spacial score (nSPS) is 23.6. The molecule has 3 rings (SSSR count). The summed E-state index contributed by atoms with van der Waals surface area (Å²) in [5, 5.41) is 5.51. The van der Waals surface area contributed by atoms with E-state index in [9.17, 15) is 0 Å². The zero-order valence-corrected chi connectivity index (χ0v) is 12.2. The van der Waals surface area contributed by atoms with Crippen LogP contribution in [0.1, 0.15) is 33.1 Å². The number of hydrazone groups is 1. The van der Waals surface area contributed by atoms with Crippen molar-refractivity contribution in [2.45, 2.75) is 33.1 Å². The quantitative estimate of drug-likeness (QED) is 0.817. The first-order chi connectivity index (χ1) is 9.24. The summed E-state index contributed by atoms with van der Waals surface area (Å²) >= 11 is 1.66. The van der Waals surface area contributed by atoms with Gasteiger partial charge in [-0.2, -0.15) is 5.10 Å². The highest BCUT2D eigenvalue weighted by molar-refractivity contribution is 7.22. The molecule has 100 valence electrons. The Morgan fingerprint density at radius 1 is 1.21 bits per heavy atom. The van der Waals surface area contributed by atoms with Gasteiger partial charge in [0.1, 0.15) is 0 Å². The fraction of sp³-hybridized carbons (Fsp3) is 0.467. The first-order valence-electron chi connectivity index (χ1n) is 6.93. The maximum atomic E-state index is 4.63. The van der Waals surface area contributed by atoms with Crippen molar-refractivity contribution in [3.63, 3.8) is 0 Å². The Labute approximate surface area is 117 Å². The van der Waals surface area contributed by atoms with Crippen LogP contribution in [0.5, 0.6) is 0 Å². The summed E-state index contributed by atoms with van der Waals surface area (Å²) < 4.78 is 1.20. The molecule has 0 radical (unpaired) electrons. The van der Waals surface area contributed by atoms with Gasteiger partial charge in [-0.25, -0.2) is 4.98 Å². The molecule has 19 heavy (non-hydrogen) atoms. The molecule has 1 heterocycles. The topological polar surface area (TPSA) is 37.3 Å². The SMILES string of the molecule is C[C@@H]1CCC[C@@H](C)C1=NNc1nc2ccccc2s1. The van der Waals surface area contributed by atoms with Crippen LogP contribution in [0.25, 0.3) is 10.2 Å². The molecule has 1 fully saturated rings. The molecule has 1 aliphatic carbocycles. The standard InChI is InChI=1S/C15H19N3S/c1-10-6-5-7-11(2)14(10)17-18-15-16-12-8-3-4-9-13(12)19-15/h3-4,8-11H,5-7H2,1-2H3,(H,16,18)/t10-,11-/m1/s1. The van der Waals surface area contributed by atoms with E-state index in [-0.39, 0.29) is 0 Å². The molecule has 0 amide bonds. The van der Waals surface area contributed by atoms with Crippen molar-refractivity contribution >= 4 is 32.4 Å². The van der Waals surface area contributed by atoms with Crippen molar-refractivity contribution in [3.8, 4) is 0 Å². The second-order valence-electron chi connectivity index (χ2n) is 5.37. The molecule has 1 saturated carbocycles. The van der Waals surface area contributed by atoms with Crippen LogP contribution in [0.15, 0.2) is 29.4 Å². The predicted molar refractivity (Wildman–Crippen MR) is 82.9 cm³/mol. The lowest BCUT2D eigenvalue weighted by molar-refractivity contribution is 0.486. The molecule has 1 N–H and O–H groups in total. The first-order valence-corrected chi connectivity index (χ1v) is 7.75. The fourth-order valence-corrected chi connectivity index (χ4v) is 3.57. The van der Waals surface area contributed by atoms with Gasteiger partial charge in [0.15, 0.2) is 0 Å². The minimum Gasteiger partial charge on any atom is -0.253 e. The van der Waals surface area contributed by atoms with Crippen LogP contribution in [0.4, 0.5) is 5.13 Å². The minimum atomic E-state index is 0.589. The van der Waals surface area contributed by atoms with Crippen molar-refractivity contribution in [1.82, 2.24) is 4.98 Å². The van der Waals surface area contributed by atoms with E-state index in [2.05, 4.69) is 35.4 Å². The molecule has 1 aromatic heterocycles. The average Bonchev–Trinajstić information content (AvgIpc) is 2.81. The largest absolute Gasteiger partial charge is 0.253 e. The van der Waals surface area contributed by atoms with Crippen LogP contribution in [-0.4, -0.2) is 10.7 Å². The molecule has 3 nitrogen and oxygen atoms in total. The molecular formula is C15H19N3S. The van der Waals surface area contributed by atoms with Crippen LogP contribution in [0.2, 0.25) is 0 Å². The average molecular weight is 273 g/mol. The van der Waals surface area contributed by atoms with Crippen LogP contribution in [-0.2, 0) is 0 Å². The summed E-state index contributed by atoms with van der Waals surface area (Å²) in [4.78, 5) is 4.55. The van der Waals surface area contributed by atoms with Gasteiger partial charge < -0.3 is 0 Å². The molecule has 0 spiro atoms. The lowest BCUT2D eigenvalue weighted by Crippen LogP contribution is -2.25. The zero-order chi connectivity index (χ0) is 13.2. The van der Waals surface area contributed by atoms with E-state index in [4.69, 9.17) is 0 Å². The predicted octanol–water partition coefficient (Wildman–Crippen LogP) is 4.52. The molecular weight excluding hydrogens is 254 g/mol. The lowest BCUT2D eigenvalue weighted by Gasteiger charge is -2.26. The molecule has 0 saturated heterocycles. The van der Waals surface area contributed by atoms with E-state index in [1.165, 1.54) is 29.7 Å². The number of nitrogens with zero attached hydrogens (tertiary/aromatic N) is 2. The fourth-order valence-electron chi connectivity index (χ4n) is 2.76. The Balaban J connectivity index is 1.80. The maximum Gasteiger partial charge on any atom is 0.204 e. The van der Waals surface area contributed by atoms with Crippen molar-refractivity contribution < 1.29 is 0 Å². The highest BCUT2D eigenvalue weighted by Crippen LogP contribution is 2.28. The van der Waals surface area contributed by atoms with E-state index < -0.39 is 0 Å².